The van der Waals surface area contributed by atoms with Gasteiger partial charge >= 0.3 is 5.97 Å². The van der Waals surface area contributed by atoms with Crippen molar-refractivity contribution in [3.63, 3.8) is 0 Å². The lowest BCUT2D eigenvalue weighted by Gasteiger charge is -2.12. The van der Waals surface area contributed by atoms with E-state index in [1.54, 1.807) is 13.0 Å². The summed E-state index contributed by atoms with van der Waals surface area (Å²) in [7, 11) is -4.27. The van der Waals surface area contributed by atoms with Crippen molar-refractivity contribution in [1.29, 1.82) is 0 Å². The maximum absolute atomic E-state index is 11.5. The van der Waals surface area contributed by atoms with E-state index >= 15 is 0 Å². The van der Waals surface area contributed by atoms with Crippen molar-refractivity contribution in [1.82, 2.24) is 0 Å². The Morgan fingerprint density at radius 3 is 2.39 bits per heavy atom. The summed E-state index contributed by atoms with van der Waals surface area (Å²) in [6.45, 7) is 1.71. The Morgan fingerprint density at radius 1 is 1.06 bits per heavy atom. The summed E-state index contributed by atoms with van der Waals surface area (Å²) >= 11 is 0. The highest BCUT2D eigenvalue weighted by Gasteiger charge is 2.23. The van der Waals surface area contributed by atoms with Crippen LogP contribution in [0.1, 0.15) is 30.0 Å². The molecule has 1 aliphatic carbocycles. The maximum Gasteiger partial charge on any atom is 0.307 e. The molecule has 3 aromatic rings. The molecule has 0 atom stereocenters. The minimum Gasteiger partial charge on any atom is -0.481 e. The second-order valence-electron chi connectivity index (χ2n) is 7.98. The van der Waals surface area contributed by atoms with Gasteiger partial charge in [-0.25, -0.2) is 5.01 Å². The van der Waals surface area contributed by atoms with Gasteiger partial charge in [0.05, 0.1) is 23.4 Å². The minimum absolute atomic E-state index is 0.111. The zero-order valence-corrected chi connectivity index (χ0v) is 18.7. The van der Waals surface area contributed by atoms with Crippen LogP contribution in [0, 0.1) is 0 Å². The molecule has 5 rings (SSSR count). The van der Waals surface area contributed by atoms with Crippen molar-refractivity contribution in [2.45, 2.75) is 37.5 Å². The van der Waals surface area contributed by atoms with Gasteiger partial charge in [0, 0.05) is 5.71 Å². The molecule has 0 spiro atoms. The third-order valence-electron chi connectivity index (χ3n) is 5.58. The van der Waals surface area contributed by atoms with Crippen molar-refractivity contribution in [3.05, 3.63) is 71.3 Å². The normalized spacial score (nSPS) is 14.8. The van der Waals surface area contributed by atoms with Crippen LogP contribution < -0.4 is 5.01 Å². The molecule has 9 heteroatoms. The Morgan fingerprint density at radius 2 is 1.76 bits per heavy atom. The second kappa shape index (κ2) is 8.76. The standard InChI is InChI=1S/C14H12O2.C10H10N2O4S/c15-13(16)8-11-7-6-10-5-4-9-2-1-3-12(11)14(9)10;1-7-5-10(13)12(11-7)8-3-2-4-9(6-8)17(14,15)16/h1-3,6-7H,4-5,8H2,(H,15,16);2-4,6H,5H2,1H3,(H,14,15,16). The summed E-state index contributed by atoms with van der Waals surface area (Å²) in [6, 6.07) is 15.7. The van der Waals surface area contributed by atoms with Crippen LogP contribution in [0.25, 0.3) is 10.8 Å². The fraction of sp³-hybridized carbons (Fsp3) is 0.208. The fourth-order valence-electron chi connectivity index (χ4n) is 4.16. The van der Waals surface area contributed by atoms with E-state index in [0.717, 1.165) is 28.8 Å². The van der Waals surface area contributed by atoms with Gasteiger partial charge in [-0.05, 0) is 65.4 Å². The highest BCUT2D eigenvalue weighted by molar-refractivity contribution is 7.85. The number of aryl methyl sites for hydroxylation is 2. The van der Waals surface area contributed by atoms with Gasteiger partial charge in [0.1, 0.15) is 0 Å². The van der Waals surface area contributed by atoms with Gasteiger partial charge in [-0.15, -0.1) is 0 Å². The second-order valence-corrected chi connectivity index (χ2v) is 9.41. The lowest BCUT2D eigenvalue weighted by molar-refractivity contribution is -0.136. The molecular formula is C24H22N2O6S. The fourth-order valence-corrected chi connectivity index (χ4v) is 4.68. The Hall–Kier alpha value is -3.56. The van der Waals surface area contributed by atoms with E-state index in [1.165, 1.54) is 34.7 Å². The molecule has 0 aromatic heterocycles. The number of carbonyl (C=O) groups excluding carboxylic acids is 1. The Kier molecular flexibility index (Phi) is 6.01. The average Bonchev–Trinajstić information content (AvgIpc) is 3.33. The molecule has 0 saturated carbocycles. The Balaban J connectivity index is 0.000000157. The van der Waals surface area contributed by atoms with Crippen LogP contribution in [-0.4, -0.2) is 35.7 Å². The number of hydrogen-bond acceptors (Lipinski definition) is 5. The number of hydrazone groups is 1. The molecule has 0 unspecified atom stereocenters. The third kappa shape index (κ3) is 4.79. The van der Waals surface area contributed by atoms with Crippen LogP contribution in [0.3, 0.4) is 0 Å². The van der Waals surface area contributed by atoms with Gasteiger partial charge in [0.25, 0.3) is 16.0 Å². The summed E-state index contributed by atoms with van der Waals surface area (Å²) in [4.78, 5) is 22.1. The lowest BCUT2D eigenvalue weighted by Crippen LogP contribution is -2.19. The maximum atomic E-state index is 11.5. The number of carbonyl (C=O) groups is 2. The number of amides is 1. The molecule has 8 nitrogen and oxygen atoms in total. The van der Waals surface area contributed by atoms with Crippen LogP contribution in [0.5, 0.6) is 0 Å². The van der Waals surface area contributed by atoms with E-state index in [1.807, 2.05) is 18.2 Å². The van der Waals surface area contributed by atoms with Gasteiger partial charge in [-0.2, -0.15) is 13.5 Å². The van der Waals surface area contributed by atoms with Crippen LogP contribution in [0.2, 0.25) is 0 Å². The number of carboxylic acids is 1. The zero-order valence-electron chi connectivity index (χ0n) is 17.9. The molecule has 3 aromatic carbocycles. The quantitative estimate of drug-likeness (QED) is 0.566. The summed E-state index contributed by atoms with van der Waals surface area (Å²) in [6.07, 6.45) is 2.50. The largest absolute Gasteiger partial charge is 0.481 e. The van der Waals surface area contributed by atoms with E-state index < -0.39 is 16.1 Å². The van der Waals surface area contributed by atoms with Crippen molar-refractivity contribution in [2.24, 2.45) is 5.10 Å². The minimum atomic E-state index is -4.27. The molecule has 1 heterocycles. The molecule has 0 saturated heterocycles. The molecule has 1 amide bonds. The van der Waals surface area contributed by atoms with Crippen LogP contribution in [0.15, 0.2) is 64.6 Å². The highest BCUT2D eigenvalue weighted by atomic mass is 32.2. The van der Waals surface area contributed by atoms with Gasteiger partial charge in [0.2, 0.25) is 0 Å². The molecular weight excluding hydrogens is 444 g/mol. The van der Waals surface area contributed by atoms with Crippen molar-refractivity contribution >= 4 is 44.2 Å². The molecule has 0 bridgehead atoms. The van der Waals surface area contributed by atoms with E-state index in [-0.39, 0.29) is 23.6 Å². The number of anilines is 1. The predicted octanol–water partition coefficient (Wildman–Crippen LogP) is 3.61. The van der Waals surface area contributed by atoms with E-state index in [4.69, 9.17) is 9.66 Å². The first-order valence-corrected chi connectivity index (χ1v) is 11.8. The summed E-state index contributed by atoms with van der Waals surface area (Å²) in [5.41, 5.74) is 4.63. The first-order chi connectivity index (χ1) is 15.6. The van der Waals surface area contributed by atoms with Crippen molar-refractivity contribution < 1.29 is 27.7 Å². The Bertz CT molecular complexity index is 1400. The summed E-state index contributed by atoms with van der Waals surface area (Å²) < 4.78 is 30.8. The van der Waals surface area contributed by atoms with Gasteiger partial charge < -0.3 is 5.11 Å². The van der Waals surface area contributed by atoms with Crippen LogP contribution in [-0.2, 0) is 39.0 Å². The highest BCUT2D eigenvalue weighted by Crippen LogP contribution is 2.32. The van der Waals surface area contributed by atoms with Gasteiger partial charge in [-0.3, -0.25) is 14.1 Å². The van der Waals surface area contributed by atoms with Gasteiger partial charge in [-0.1, -0.05) is 36.4 Å². The zero-order chi connectivity index (χ0) is 23.8. The number of benzene rings is 3. The van der Waals surface area contributed by atoms with E-state index in [0.29, 0.717) is 11.4 Å². The van der Waals surface area contributed by atoms with E-state index in [9.17, 15) is 18.0 Å². The number of rotatable bonds is 4. The molecule has 170 valence electrons. The molecule has 1 aliphatic heterocycles. The summed E-state index contributed by atoms with van der Waals surface area (Å²) in [5.74, 6) is -0.992. The molecule has 33 heavy (non-hydrogen) atoms. The van der Waals surface area contributed by atoms with Crippen molar-refractivity contribution in [3.8, 4) is 0 Å². The lowest BCUT2D eigenvalue weighted by atomic mass is 9.98. The number of aliphatic carboxylic acids is 1. The number of carboxylic acid groups (broad SMARTS) is 1. The summed E-state index contributed by atoms with van der Waals surface area (Å²) in [5, 5.41) is 16.4. The first kappa shape index (κ1) is 22.6. The smallest absolute Gasteiger partial charge is 0.307 e. The van der Waals surface area contributed by atoms with Crippen LogP contribution >= 0.6 is 0 Å². The molecule has 0 radical (unpaired) electrons. The first-order valence-electron chi connectivity index (χ1n) is 10.3. The topological polar surface area (TPSA) is 124 Å². The predicted molar refractivity (Wildman–Crippen MR) is 124 cm³/mol. The SMILES string of the molecule is CC1=NN(c2cccc(S(=O)(=O)O)c2)C(=O)C1.O=C(O)Cc1ccc2c3c(cccc13)CC2. The van der Waals surface area contributed by atoms with E-state index in [2.05, 4.69) is 17.2 Å². The molecule has 0 fully saturated rings. The average molecular weight is 467 g/mol. The third-order valence-corrected chi connectivity index (χ3v) is 6.43. The molecule has 2 aliphatic rings. The number of hydrogen-bond donors (Lipinski definition) is 2. The van der Waals surface area contributed by atoms with Crippen LogP contribution in [0.4, 0.5) is 5.69 Å². The van der Waals surface area contributed by atoms with Crippen molar-refractivity contribution in [2.75, 3.05) is 5.01 Å². The monoisotopic (exact) mass is 466 g/mol. The number of nitrogens with zero attached hydrogens (tertiary/aromatic N) is 2. The van der Waals surface area contributed by atoms with Gasteiger partial charge in [0.15, 0.2) is 0 Å². The Labute approximate surface area is 190 Å². The molecule has 2 N–H and O–H groups in total.